The standard InChI is InChI=1S/C14H15BrFNOS/c1-17-13(7-11-6-10(15)8-19-11)9-3-4-12(16)14(5-9)18-2/h3-6,8,13,17H,7H2,1-2H3. The quantitative estimate of drug-likeness (QED) is 0.879. The molecule has 0 saturated carbocycles. The third-order valence-electron chi connectivity index (χ3n) is 2.95. The van der Waals surface area contributed by atoms with Crippen LogP contribution >= 0.6 is 27.3 Å². The largest absolute Gasteiger partial charge is 0.494 e. The molecule has 0 radical (unpaired) electrons. The van der Waals surface area contributed by atoms with Crippen molar-refractivity contribution < 1.29 is 9.13 Å². The molecule has 1 aromatic heterocycles. The molecule has 0 fully saturated rings. The molecule has 1 unspecified atom stereocenters. The topological polar surface area (TPSA) is 21.3 Å². The fourth-order valence-corrected chi connectivity index (χ4v) is 3.44. The minimum atomic E-state index is -0.333. The van der Waals surface area contributed by atoms with Gasteiger partial charge in [-0.25, -0.2) is 4.39 Å². The first-order valence-electron chi connectivity index (χ1n) is 5.87. The van der Waals surface area contributed by atoms with Crippen molar-refractivity contribution in [1.82, 2.24) is 5.32 Å². The number of hydrogen-bond donors (Lipinski definition) is 1. The summed E-state index contributed by atoms with van der Waals surface area (Å²) in [6, 6.07) is 7.24. The summed E-state index contributed by atoms with van der Waals surface area (Å²) < 4.78 is 19.5. The minimum absolute atomic E-state index is 0.139. The number of thiophene rings is 1. The van der Waals surface area contributed by atoms with Gasteiger partial charge in [0.25, 0.3) is 0 Å². The average molecular weight is 344 g/mol. The lowest BCUT2D eigenvalue weighted by Crippen LogP contribution is -2.18. The average Bonchev–Trinajstić information content (AvgIpc) is 2.82. The molecule has 2 nitrogen and oxygen atoms in total. The molecule has 5 heteroatoms. The summed E-state index contributed by atoms with van der Waals surface area (Å²) in [6.45, 7) is 0. The van der Waals surface area contributed by atoms with E-state index in [0.29, 0.717) is 0 Å². The van der Waals surface area contributed by atoms with Gasteiger partial charge >= 0.3 is 0 Å². The second kappa shape index (κ2) is 6.50. The molecule has 2 aromatic rings. The normalized spacial score (nSPS) is 12.4. The Bertz CT molecular complexity index is 558. The van der Waals surface area contributed by atoms with Crippen molar-refractivity contribution in [1.29, 1.82) is 0 Å². The van der Waals surface area contributed by atoms with Gasteiger partial charge in [0.15, 0.2) is 11.6 Å². The van der Waals surface area contributed by atoms with Crippen molar-refractivity contribution in [2.45, 2.75) is 12.5 Å². The monoisotopic (exact) mass is 343 g/mol. The van der Waals surface area contributed by atoms with Gasteiger partial charge in [-0.2, -0.15) is 0 Å². The van der Waals surface area contributed by atoms with Crippen LogP contribution in [-0.4, -0.2) is 14.2 Å². The van der Waals surface area contributed by atoms with Crippen molar-refractivity contribution in [3.8, 4) is 5.75 Å². The van der Waals surface area contributed by atoms with Crippen LogP contribution in [0.5, 0.6) is 5.75 Å². The highest BCUT2D eigenvalue weighted by molar-refractivity contribution is 9.10. The smallest absolute Gasteiger partial charge is 0.165 e. The van der Waals surface area contributed by atoms with E-state index in [0.717, 1.165) is 16.5 Å². The molecule has 2 rings (SSSR count). The van der Waals surface area contributed by atoms with Gasteiger partial charge in [-0.15, -0.1) is 11.3 Å². The lowest BCUT2D eigenvalue weighted by molar-refractivity contribution is 0.385. The number of likely N-dealkylation sites (N-methyl/N-ethyl adjacent to an activating group) is 1. The molecule has 1 N–H and O–H groups in total. The highest BCUT2D eigenvalue weighted by Crippen LogP contribution is 2.28. The van der Waals surface area contributed by atoms with E-state index in [2.05, 4.69) is 32.7 Å². The highest BCUT2D eigenvalue weighted by Gasteiger charge is 2.14. The lowest BCUT2D eigenvalue weighted by Gasteiger charge is -2.17. The molecule has 0 aliphatic carbocycles. The summed E-state index contributed by atoms with van der Waals surface area (Å²) in [7, 11) is 3.39. The predicted molar refractivity (Wildman–Crippen MR) is 80.5 cm³/mol. The van der Waals surface area contributed by atoms with Crippen molar-refractivity contribution in [2.24, 2.45) is 0 Å². The number of nitrogens with one attached hydrogen (secondary N) is 1. The molecular weight excluding hydrogens is 329 g/mol. The number of benzene rings is 1. The first-order valence-corrected chi connectivity index (χ1v) is 7.55. The maximum Gasteiger partial charge on any atom is 0.165 e. The number of halogens is 2. The Kier molecular flexibility index (Phi) is 4.96. The zero-order chi connectivity index (χ0) is 13.8. The molecule has 1 aromatic carbocycles. The zero-order valence-corrected chi connectivity index (χ0v) is 13.1. The van der Waals surface area contributed by atoms with Crippen LogP contribution in [0.4, 0.5) is 4.39 Å². The van der Waals surface area contributed by atoms with Crippen LogP contribution in [0.1, 0.15) is 16.5 Å². The molecule has 102 valence electrons. The molecule has 0 saturated heterocycles. The third-order valence-corrected chi connectivity index (χ3v) is 4.67. The summed E-state index contributed by atoms with van der Waals surface area (Å²) >= 11 is 5.16. The first kappa shape index (κ1) is 14.5. The number of hydrogen-bond acceptors (Lipinski definition) is 3. The Morgan fingerprint density at radius 1 is 1.42 bits per heavy atom. The molecule has 0 bridgehead atoms. The summed E-state index contributed by atoms with van der Waals surface area (Å²) in [5.74, 6) is -0.0509. The van der Waals surface area contributed by atoms with E-state index in [1.807, 2.05) is 7.05 Å². The van der Waals surface area contributed by atoms with E-state index < -0.39 is 0 Å². The van der Waals surface area contributed by atoms with Gasteiger partial charge in [0, 0.05) is 27.2 Å². The Balaban J connectivity index is 2.21. The summed E-state index contributed by atoms with van der Waals surface area (Å²) in [4.78, 5) is 1.27. The number of methoxy groups -OCH3 is 1. The van der Waals surface area contributed by atoms with E-state index in [1.165, 1.54) is 18.1 Å². The van der Waals surface area contributed by atoms with Gasteiger partial charge in [-0.1, -0.05) is 6.07 Å². The Hall–Kier alpha value is -0.910. The molecule has 0 spiro atoms. The molecule has 1 atom stereocenters. The van der Waals surface area contributed by atoms with E-state index in [4.69, 9.17) is 4.74 Å². The Morgan fingerprint density at radius 2 is 2.21 bits per heavy atom. The summed E-state index contributed by atoms with van der Waals surface area (Å²) in [5.41, 5.74) is 1.02. The van der Waals surface area contributed by atoms with Crippen LogP contribution < -0.4 is 10.1 Å². The van der Waals surface area contributed by atoms with Gasteiger partial charge in [0.2, 0.25) is 0 Å². The van der Waals surface area contributed by atoms with E-state index >= 15 is 0 Å². The number of ether oxygens (including phenoxy) is 1. The van der Waals surface area contributed by atoms with Gasteiger partial charge in [-0.3, -0.25) is 0 Å². The zero-order valence-electron chi connectivity index (χ0n) is 10.7. The van der Waals surface area contributed by atoms with Crippen LogP contribution in [0.25, 0.3) is 0 Å². The van der Waals surface area contributed by atoms with Crippen LogP contribution in [-0.2, 0) is 6.42 Å². The van der Waals surface area contributed by atoms with E-state index in [1.54, 1.807) is 23.5 Å². The summed E-state index contributed by atoms with van der Waals surface area (Å²) in [5, 5.41) is 5.32. The van der Waals surface area contributed by atoms with Crippen LogP contribution in [0.2, 0.25) is 0 Å². The molecule has 0 amide bonds. The molecule has 19 heavy (non-hydrogen) atoms. The fourth-order valence-electron chi connectivity index (χ4n) is 1.94. The van der Waals surface area contributed by atoms with Gasteiger partial charge < -0.3 is 10.1 Å². The third kappa shape index (κ3) is 3.55. The maximum absolute atomic E-state index is 13.4. The number of rotatable bonds is 5. The van der Waals surface area contributed by atoms with Crippen molar-refractivity contribution in [3.63, 3.8) is 0 Å². The minimum Gasteiger partial charge on any atom is -0.494 e. The maximum atomic E-state index is 13.4. The van der Waals surface area contributed by atoms with Crippen molar-refractivity contribution in [3.05, 3.63) is 50.4 Å². The molecular formula is C14H15BrFNOS. The predicted octanol–water partition coefficient (Wildman–Crippen LogP) is 4.16. The highest BCUT2D eigenvalue weighted by atomic mass is 79.9. The van der Waals surface area contributed by atoms with Gasteiger partial charge in [0.05, 0.1) is 7.11 Å². The first-order chi connectivity index (χ1) is 9.13. The van der Waals surface area contributed by atoms with Crippen molar-refractivity contribution in [2.75, 3.05) is 14.2 Å². The van der Waals surface area contributed by atoms with Crippen LogP contribution in [0.15, 0.2) is 34.1 Å². The molecule has 1 heterocycles. The SMILES string of the molecule is CNC(Cc1cc(Br)cs1)c1ccc(F)c(OC)c1. The van der Waals surface area contributed by atoms with Crippen molar-refractivity contribution >= 4 is 27.3 Å². The van der Waals surface area contributed by atoms with E-state index in [9.17, 15) is 4.39 Å². The summed E-state index contributed by atoms with van der Waals surface area (Å²) in [6.07, 6.45) is 0.863. The van der Waals surface area contributed by atoms with Gasteiger partial charge in [0.1, 0.15) is 0 Å². The van der Waals surface area contributed by atoms with Crippen LogP contribution in [0, 0.1) is 5.82 Å². The molecule has 0 aliphatic heterocycles. The Labute approximate surface area is 124 Å². The second-order valence-corrected chi connectivity index (χ2v) is 6.08. The van der Waals surface area contributed by atoms with E-state index in [-0.39, 0.29) is 17.6 Å². The lowest BCUT2D eigenvalue weighted by atomic mass is 10.0. The van der Waals surface area contributed by atoms with Gasteiger partial charge in [-0.05, 0) is 46.7 Å². The second-order valence-electron chi connectivity index (χ2n) is 4.17. The molecule has 0 aliphatic rings. The fraction of sp³-hybridized carbons (Fsp3) is 0.286. The Morgan fingerprint density at radius 3 is 2.79 bits per heavy atom. The van der Waals surface area contributed by atoms with Crippen LogP contribution in [0.3, 0.4) is 0 Å².